The Morgan fingerprint density at radius 3 is 0.933 bits per heavy atom. The molecule has 1 aliphatic heterocycles. The van der Waals surface area contributed by atoms with E-state index >= 15 is 0 Å². The molecule has 0 aromatic rings. The normalized spacial score (nSPS) is 22.4. The van der Waals surface area contributed by atoms with Crippen LogP contribution < -0.4 is 0 Å². The third kappa shape index (κ3) is 10.6. The molecule has 15 heavy (non-hydrogen) atoms. The minimum atomic E-state index is 0. The molecule has 0 aromatic heterocycles. The summed E-state index contributed by atoms with van der Waals surface area (Å²) < 4.78 is 0. The van der Waals surface area contributed by atoms with E-state index in [-0.39, 0.29) is 16.8 Å². The van der Waals surface area contributed by atoms with Crippen LogP contribution in [-0.4, -0.2) is 52.4 Å². The molecule has 0 bridgehead atoms. The van der Waals surface area contributed by atoms with Crippen molar-refractivity contribution < 1.29 is 16.8 Å². The van der Waals surface area contributed by atoms with Crippen molar-refractivity contribution in [2.75, 3.05) is 52.4 Å². The Morgan fingerprint density at radius 2 is 0.667 bits per heavy atom. The van der Waals surface area contributed by atoms with E-state index in [1.54, 1.807) is 0 Å². The van der Waals surface area contributed by atoms with E-state index in [4.69, 9.17) is 0 Å². The Balaban J connectivity index is 0.00000196. The first-order valence-electron chi connectivity index (χ1n) is 5.53. The fourth-order valence-corrected chi connectivity index (χ4v) is 1.32. The molecule has 1 fully saturated rings. The van der Waals surface area contributed by atoms with Crippen LogP contribution in [0.15, 0.2) is 0 Å². The smallest absolute Gasteiger partial charge is 0.664 e. The van der Waals surface area contributed by atoms with Gasteiger partial charge in [0.25, 0.3) is 0 Å². The van der Waals surface area contributed by atoms with Crippen molar-refractivity contribution in [3.63, 3.8) is 0 Å². The van der Waals surface area contributed by atoms with Gasteiger partial charge in [0.15, 0.2) is 0 Å². The molecular formula is C10H20CoN4-. The Bertz CT molecular complexity index is 70.7. The van der Waals surface area contributed by atoms with E-state index in [9.17, 15) is 0 Å². The number of hydrogen-bond donors (Lipinski definition) is 0. The first kappa shape index (κ1) is 15.3. The summed E-state index contributed by atoms with van der Waals surface area (Å²) in [4.78, 5) is 0. The Labute approximate surface area is 104 Å². The molecule has 1 saturated heterocycles. The van der Waals surface area contributed by atoms with Crippen molar-refractivity contribution in [2.24, 2.45) is 0 Å². The molecule has 1 heterocycles. The van der Waals surface area contributed by atoms with Gasteiger partial charge in [0.2, 0.25) is 0 Å². The van der Waals surface area contributed by atoms with E-state index in [1.807, 2.05) is 0 Å². The van der Waals surface area contributed by atoms with Crippen LogP contribution in [-0.2, 0) is 16.8 Å². The van der Waals surface area contributed by atoms with Gasteiger partial charge in [-0.1, -0.05) is 12.8 Å². The van der Waals surface area contributed by atoms with E-state index in [0.717, 1.165) is 65.2 Å². The van der Waals surface area contributed by atoms with Crippen molar-refractivity contribution in [1.82, 2.24) is 0 Å². The predicted molar refractivity (Wildman–Crippen MR) is 61.6 cm³/mol. The molecule has 0 unspecified atom stereocenters. The molecular weight excluding hydrogens is 235 g/mol. The molecule has 0 atom stereocenters. The minimum Gasteiger partial charge on any atom is -0.664 e. The molecule has 1 rings (SSSR count). The summed E-state index contributed by atoms with van der Waals surface area (Å²) in [5, 5.41) is 17.5. The summed E-state index contributed by atoms with van der Waals surface area (Å²) in [5.41, 5.74) is 0. The zero-order valence-corrected chi connectivity index (χ0v) is 10.2. The van der Waals surface area contributed by atoms with Crippen LogP contribution in [0.4, 0.5) is 0 Å². The summed E-state index contributed by atoms with van der Waals surface area (Å²) in [7, 11) is 0. The van der Waals surface area contributed by atoms with Crippen molar-refractivity contribution in [3.05, 3.63) is 21.3 Å². The molecule has 0 amide bonds. The standard InChI is InChI=1S/C10H20N4.Co/c1-3-11-7-9-13-5-2-6-14-10-8-12-4-1;/h1-10H2;/q-4;+3. The molecule has 4 nitrogen and oxygen atoms in total. The summed E-state index contributed by atoms with van der Waals surface area (Å²) in [6.45, 7) is 7.31. The maximum absolute atomic E-state index is 4.38. The van der Waals surface area contributed by atoms with Crippen LogP contribution >= 0.6 is 0 Å². The van der Waals surface area contributed by atoms with Crippen LogP contribution in [0, 0.1) is 0 Å². The van der Waals surface area contributed by atoms with E-state index < -0.39 is 0 Å². The second-order valence-corrected chi connectivity index (χ2v) is 3.39. The maximum atomic E-state index is 4.38. The van der Waals surface area contributed by atoms with Crippen LogP contribution in [0.1, 0.15) is 12.8 Å². The predicted octanol–water partition coefficient (Wildman–Crippen LogP) is 2.27. The number of nitrogens with zero attached hydrogens (tertiary/aromatic N) is 4. The first-order chi connectivity index (χ1) is 7.00. The molecule has 0 saturated carbocycles. The topological polar surface area (TPSA) is 56.4 Å². The van der Waals surface area contributed by atoms with E-state index in [0.29, 0.717) is 0 Å². The molecule has 0 N–H and O–H groups in total. The zero-order valence-electron chi connectivity index (χ0n) is 9.19. The van der Waals surface area contributed by atoms with Crippen LogP contribution in [0.2, 0.25) is 0 Å². The van der Waals surface area contributed by atoms with Gasteiger partial charge >= 0.3 is 16.8 Å². The van der Waals surface area contributed by atoms with Crippen LogP contribution in [0.25, 0.3) is 21.3 Å². The van der Waals surface area contributed by atoms with Gasteiger partial charge in [-0.15, -0.1) is 0 Å². The molecule has 0 spiro atoms. The third-order valence-electron chi connectivity index (χ3n) is 2.10. The molecule has 0 aromatic carbocycles. The van der Waals surface area contributed by atoms with Gasteiger partial charge in [0.05, 0.1) is 0 Å². The summed E-state index contributed by atoms with van der Waals surface area (Å²) in [6.07, 6.45) is 2.17. The van der Waals surface area contributed by atoms with Crippen molar-refractivity contribution in [2.45, 2.75) is 12.8 Å². The second-order valence-electron chi connectivity index (χ2n) is 3.39. The average Bonchev–Trinajstić information content (AvgIpc) is 2.22. The van der Waals surface area contributed by atoms with Crippen molar-refractivity contribution >= 4 is 0 Å². The number of hydrogen-bond acceptors (Lipinski definition) is 0. The zero-order chi connectivity index (χ0) is 9.90. The maximum Gasteiger partial charge on any atom is 3.00 e. The molecule has 0 aliphatic carbocycles. The van der Waals surface area contributed by atoms with E-state index in [2.05, 4.69) is 21.3 Å². The van der Waals surface area contributed by atoms with E-state index in [1.165, 1.54) is 0 Å². The summed E-state index contributed by atoms with van der Waals surface area (Å²) in [6, 6.07) is 0. The largest absolute Gasteiger partial charge is 3.00 e. The summed E-state index contributed by atoms with van der Waals surface area (Å²) >= 11 is 0. The van der Waals surface area contributed by atoms with Gasteiger partial charge < -0.3 is 21.3 Å². The Kier molecular flexibility index (Phi) is 12.7. The third-order valence-corrected chi connectivity index (χ3v) is 2.10. The molecule has 5 heteroatoms. The summed E-state index contributed by atoms with van der Waals surface area (Å²) in [5.74, 6) is 0. The Hall–Kier alpha value is 0.346. The van der Waals surface area contributed by atoms with Crippen LogP contribution in [0.5, 0.6) is 0 Å². The Morgan fingerprint density at radius 1 is 0.400 bits per heavy atom. The van der Waals surface area contributed by atoms with Crippen molar-refractivity contribution in [1.29, 1.82) is 0 Å². The molecule has 0 radical (unpaired) electrons. The SMILES string of the molecule is C1C[N-]CC[N-]CCC[N-]CC[N-]C1.[Co+3]. The average molecular weight is 255 g/mol. The van der Waals surface area contributed by atoms with Gasteiger partial charge in [-0.2, -0.15) is 52.4 Å². The monoisotopic (exact) mass is 255 g/mol. The second kappa shape index (κ2) is 12.4. The number of rotatable bonds is 0. The van der Waals surface area contributed by atoms with Gasteiger partial charge in [0, 0.05) is 0 Å². The van der Waals surface area contributed by atoms with Gasteiger partial charge in [0.1, 0.15) is 0 Å². The molecule has 90 valence electrons. The first-order valence-corrected chi connectivity index (χ1v) is 5.53. The van der Waals surface area contributed by atoms with Crippen LogP contribution in [0.3, 0.4) is 0 Å². The minimum absolute atomic E-state index is 0. The van der Waals surface area contributed by atoms with Crippen molar-refractivity contribution in [3.8, 4) is 0 Å². The quantitative estimate of drug-likeness (QED) is 0.637. The fourth-order valence-electron chi connectivity index (χ4n) is 1.32. The fraction of sp³-hybridized carbons (Fsp3) is 1.00. The van der Waals surface area contributed by atoms with Gasteiger partial charge in [-0.3, -0.25) is 0 Å². The van der Waals surface area contributed by atoms with Gasteiger partial charge in [-0.05, 0) is 0 Å². The molecule has 1 aliphatic rings. The van der Waals surface area contributed by atoms with Gasteiger partial charge in [-0.25, -0.2) is 0 Å².